The zero-order valence-electron chi connectivity index (χ0n) is 15.5. The third-order valence-corrected chi connectivity index (χ3v) is 4.24. The van der Waals surface area contributed by atoms with Crippen molar-refractivity contribution in [3.8, 4) is 6.07 Å². The van der Waals surface area contributed by atoms with Crippen molar-refractivity contribution in [2.24, 2.45) is 5.41 Å². The predicted octanol–water partition coefficient (Wildman–Crippen LogP) is 4.29. The lowest BCUT2D eigenvalue weighted by molar-refractivity contribution is -0.135. The molecule has 2 aromatic carbocycles. The minimum Gasteiger partial charge on any atom is -0.325 e. The molecule has 0 bridgehead atoms. The summed E-state index contributed by atoms with van der Waals surface area (Å²) in [4.78, 5) is 25.3. The number of rotatable bonds is 5. The molecule has 0 aliphatic carbocycles. The molecule has 134 valence electrons. The number of benzene rings is 2. The van der Waals surface area contributed by atoms with Crippen molar-refractivity contribution in [3.05, 3.63) is 59.7 Å². The molecule has 0 saturated heterocycles. The van der Waals surface area contributed by atoms with Gasteiger partial charge < -0.3 is 10.6 Å². The van der Waals surface area contributed by atoms with E-state index in [9.17, 15) is 9.59 Å². The van der Waals surface area contributed by atoms with Crippen LogP contribution < -0.4 is 10.6 Å². The molecule has 2 rings (SSSR count). The lowest BCUT2D eigenvalue weighted by atomic mass is 9.90. The molecule has 0 radical (unpaired) electrons. The van der Waals surface area contributed by atoms with Crippen molar-refractivity contribution in [1.29, 1.82) is 5.26 Å². The fourth-order valence-electron chi connectivity index (χ4n) is 2.41. The van der Waals surface area contributed by atoms with Crippen LogP contribution in [-0.2, 0) is 9.59 Å². The van der Waals surface area contributed by atoms with Gasteiger partial charge in [-0.25, -0.2) is 0 Å². The van der Waals surface area contributed by atoms with Crippen LogP contribution in [0.25, 0.3) is 0 Å². The number of carbonyl (C=O) groups excluding carboxylic acids is 2. The van der Waals surface area contributed by atoms with E-state index in [1.54, 1.807) is 38.1 Å². The zero-order valence-corrected chi connectivity index (χ0v) is 15.5. The molecule has 5 heteroatoms. The molecular formula is C21H23N3O2. The lowest BCUT2D eigenvalue weighted by Gasteiger charge is -2.24. The zero-order chi connectivity index (χ0) is 19.3. The third-order valence-electron chi connectivity index (χ3n) is 4.24. The maximum atomic E-state index is 12.7. The number of carbonyl (C=O) groups is 2. The van der Waals surface area contributed by atoms with E-state index in [1.165, 1.54) is 0 Å². The van der Waals surface area contributed by atoms with Crippen molar-refractivity contribution < 1.29 is 9.59 Å². The monoisotopic (exact) mass is 349 g/mol. The van der Waals surface area contributed by atoms with Gasteiger partial charge in [-0.1, -0.05) is 32.0 Å². The molecule has 0 atom stereocenters. The normalized spacial score (nSPS) is 10.9. The maximum absolute atomic E-state index is 12.7. The number of para-hydroxylation sites is 1. The largest absolute Gasteiger partial charge is 0.325 e. The Hall–Kier alpha value is -3.13. The van der Waals surface area contributed by atoms with Crippen molar-refractivity contribution in [1.82, 2.24) is 0 Å². The Balaban J connectivity index is 2.14. The summed E-state index contributed by atoms with van der Waals surface area (Å²) in [5.41, 5.74) is 1.51. The standard InChI is InChI=1S/C21H23N3O2/c1-14(2)17-7-5-6-8-18(17)24-20(26)21(3,4)19(25)23-16-11-9-15(13-22)10-12-16/h5-12,14H,1-4H3,(H,23,25)(H,24,26). The number of hydrogen-bond acceptors (Lipinski definition) is 3. The fraction of sp³-hybridized carbons (Fsp3) is 0.286. The maximum Gasteiger partial charge on any atom is 0.239 e. The summed E-state index contributed by atoms with van der Waals surface area (Å²) in [7, 11) is 0. The van der Waals surface area contributed by atoms with Crippen LogP contribution in [0.2, 0.25) is 0 Å². The quantitative estimate of drug-likeness (QED) is 0.790. The Morgan fingerprint density at radius 1 is 0.962 bits per heavy atom. The average molecular weight is 349 g/mol. The van der Waals surface area contributed by atoms with Crippen LogP contribution in [0, 0.1) is 16.7 Å². The van der Waals surface area contributed by atoms with Crippen LogP contribution in [-0.4, -0.2) is 11.8 Å². The van der Waals surface area contributed by atoms with E-state index in [1.807, 2.05) is 44.2 Å². The van der Waals surface area contributed by atoms with E-state index in [4.69, 9.17) is 5.26 Å². The van der Waals surface area contributed by atoms with E-state index in [-0.39, 0.29) is 11.8 Å². The molecule has 0 spiro atoms. The van der Waals surface area contributed by atoms with Gasteiger partial charge in [0.1, 0.15) is 5.41 Å². The Kier molecular flexibility index (Phi) is 5.78. The van der Waals surface area contributed by atoms with Crippen LogP contribution in [0.4, 0.5) is 11.4 Å². The Morgan fingerprint density at radius 3 is 2.12 bits per heavy atom. The van der Waals surface area contributed by atoms with Gasteiger partial charge in [-0.05, 0) is 55.7 Å². The highest BCUT2D eigenvalue weighted by molar-refractivity contribution is 6.14. The topological polar surface area (TPSA) is 82.0 Å². The molecule has 26 heavy (non-hydrogen) atoms. The SMILES string of the molecule is CC(C)c1ccccc1NC(=O)C(C)(C)C(=O)Nc1ccc(C#N)cc1. The first-order valence-electron chi connectivity index (χ1n) is 8.47. The highest BCUT2D eigenvalue weighted by Crippen LogP contribution is 2.27. The average Bonchev–Trinajstić information content (AvgIpc) is 2.62. The van der Waals surface area contributed by atoms with Crippen molar-refractivity contribution in [2.45, 2.75) is 33.6 Å². The van der Waals surface area contributed by atoms with E-state index >= 15 is 0 Å². The van der Waals surface area contributed by atoms with Crippen LogP contribution >= 0.6 is 0 Å². The van der Waals surface area contributed by atoms with Crippen LogP contribution in [0.3, 0.4) is 0 Å². The van der Waals surface area contributed by atoms with E-state index in [0.29, 0.717) is 16.9 Å². The summed E-state index contributed by atoms with van der Waals surface area (Å²) in [5, 5.41) is 14.4. The molecule has 0 unspecified atom stereocenters. The Bertz CT molecular complexity index is 846. The van der Waals surface area contributed by atoms with Gasteiger partial charge in [-0.2, -0.15) is 5.26 Å². The van der Waals surface area contributed by atoms with E-state index in [0.717, 1.165) is 5.56 Å². The van der Waals surface area contributed by atoms with Gasteiger partial charge >= 0.3 is 0 Å². The predicted molar refractivity (Wildman–Crippen MR) is 103 cm³/mol. The van der Waals surface area contributed by atoms with Crippen molar-refractivity contribution >= 4 is 23.2 Å². The first-order chi connectivity index (χ1) is 12.3. The summed E-state index contributed by atoms with van der Waals surface area (Å²) >= 11 is 0. The molecule has 0 saturated carbocycles. The smallest absolute Gasteiger partial charge is 0.239 e. The second kappa shape index (κ2) is 7.83. The van der Waals surface area contributed by atoms with Gasteiger partial charge in [0, 0.05) is 11.4 Å². The Morgan fingerprint density at radius 2 is 1.54 bits per heavy atom. The number of nitrogens with one attached hydrogen (secondary N) is 2. The molecule has 2 amide bonds. The minimum atomic E-state index is -1.27. The van der Waals surface area contributed by atoms with Crippen LogP contribution in [0.15, 0.2) is 48.5 Å². The molecule has 0 fully saturated rings. The first kappa shape index (κ1) is 19.2. The molecule has 0 aliphatic heterocycles. The molecule has 0 aliphatic rings. The summed E-state index contributed by atoms with van der Waals surface area (Å²) in [6, 6.07) is 16.1. The molecule has 0 aromatic heterocycles. The van der Waals surface area contributed by atoms with Crippen LogP contribution in [0.5, 0.6) is 0 Å². The molecule has 2 N–H and O–H groups in total. The lowest BCUT2D eigenvalue weighted by Crippen LogP contribution is -2.41. The van der Waals surface area contributed by atoms with Gasteiger partial charge in [-0.15, -0.1) is 0 Å². The third kappa shape index (κ3) is 4.28. The second-order valence-electron chi connectivity index (χ2n) is 6.96. The summed E-state index contributed by atoms with van der Waals surface area (Å²) < 4.78 is 0. The second-order valence-corrected chi connectivity index (χ2v) is 6.96. The minimum absolute atomic E-state index is 0.252. The fourth-order valence-corrected chi connectivity index (χ4v) is 2.41. The van der Waals surface area contributed by atoms with Crippen molar-refractivity contribution in [2.75, 3.05) is 10.6 Å². The van der Waals surface area contributed by atoms with Gasteiger partial charge in [0.2, 0.25) is 11.8 Å². The van der Waals surface area contributed by atoms with Gasteiger partial charge in [0.15, 0.2) is 0 Å². The molecular weight excluding hydrogens is 326 g/mol. The first-order valence-corrected chi connectivity index (χ1v) is 8.47. The molecule has 2 aromatic rings. The number of hydrogen-bond donors (Lipinski definition) is 2. The van der Waals surface area contributed by atoms with Gasteiger partial charge in [-0.3, -0.25) is 9.59 Å². The summed E-state index contributed by atoms with van der Waals surface area (Å²) in [6.45, 7) is 7.26. The van der Waals surface area contributed by atoms with E-state index < -0.39 is 11.3 Å². The summed E-state index contributed by atoms with van der Waals surface area (Å²) in [5.74, 6) is -0.541. The number of anilines is 2. The highest BCUT2D eigenvalue weighted by atomic mass is 16.2. The van der Waals surface area contributed by atoms with Gasteiger partial charge in [0.25, 0.3) is 0 Å². The van der Waals surface area contributed by atoms with E-state index in [2.05, 4.69) is 10.6 Å². The van der Waals surface area contributed by atoms with Crippen LogP contribution in [0.1, 0.15) is 44.7 Å². The molecule has 0 heterocycles. The number of amides is 2. The summed E-state index contributed by atoms with van der Waals surface area (Å²) in [6.07, 6.45) is 0. The highest BCUT2D eigenvalue weighted by Gasteiger charge is 2.36. The van der Waals surface area contributed by atoms with Gasteiger partial charge in [0.05, 0.1) is 11.6 Å². The van der Waals surface area contributed by atoms with Crippen molar-refractivity contribution in [3.63, 3.8) is 0 Å². The number of nitrogens with zero attached hydrogens (tertiary/aromatic N) is 1. The Labute approximate surface area is 154 Å². The number of nitriles is 1. The molecule has 5 nitrogen and oxygen atoms in total.